The predicted octanol–water partition coefficient (Wildman–Crippen LogP) is 6.08. The summed E-state index contributed by atoms with van der Waals surface area (Å²) in [5, 5.41) is 3.14. The van der Waals surface area contributed by atoms with Gasteiger partial charge in [-0.2, -0.15) is 0 Å². The molecule has 0 unspecified atom stereocenters. The molecule has 4 aliphatic carbocycles. The van der Waals surface area contributed by atoms with Gasteiger partial charge in [0.05, 0.1) is 0 Å². The monoisotopic (exact) mass is 379 g/mol. The van der Waals surface area contributed by atoms with Gasteiger partial charge in [-0.05, 0) is 92.0 Å². The molecule has 0 saturated heterocycles. The van der Waals surface area contributed by atoms with Crippen LogP contribution in [-0.2, 0) is 5.41 Å². The zero-order valence-corrected chi connectivity index (χ0v) is 16.6. The smallest absolute Gasteiger partial charge is 0.255 e. The molecule has 0 aliphatic heterocycles. The maximum absolute atomic E-state index is 12.6. The topological polar surface area (TPSA) is 29.1 Å². The number of amides is 1. The van der Waals surface area contributed by atoms with Crippen molar-refractivity contribution in [2.45, 2.75) is 55.7 Å². The van der Waals surface area contributed by atoms with Crippen LogP contribution in [0.2, 0.25) is 0 Å². The first kappa shape index (κ1) is 17.3. The number of anilines is 1. The van der Waals surface area contributed by atoms with E-state index in [1.54, 1.807) is 0 Å². The molecule has 4 fully saturated rings. The van der Waals surface area contributed by atoms with E-state index in [9.17, 15) is 4.79 Å². The Morgan fingerprint density at radius 2 is 1.74 bits per heavy atom. The maximum Gasteiger partial charge on any atom is 0.255 e. The predicted molar refractivity (Wildman–Crippen MR) is 111 cm³/mol. The lowest BCUT2D eigenvalue weighted by Gasteiger charge is -2.60. The van der Waals surface area contributed by atoms with Gasteiger partial charge in [0.2, 0.25) is 0 Å². The van der Waals surface area contributed by atoms with Crippen LogP contribution < -0.4 is 5.32 Å². The number of benzene rings is 2. The molecule has 4 aliphatic rings. The van der Waals surface area contributed by atoms with Crippen molar-refractivity contribution in [2.75, 3.05) is 5.32 Å². The molecule has 1 N–H and O–H groups in total. The highest BCUT2D eigenvalue weighted by atomic mass is 35.5. The lowest BCUT2D eigenvalue weighted by molar-refractivity contribution is 0.00900. The summed E-state index contributed by atoms with van der Waals surface area (Å²) >= 11 is 7.04. The van der Waals surface area contributed by atoms with Gasteiger partial charge >= 0.3 is 0 Å². The van der Waals surface area contributed by atoms with Crippen LogP contribution in [0.1, 0.15) is 60.0 Å². The number of carbonyl (C=O) groups excluding carboxylic acids is 1. The Morgan fingerprint density at radius 1 is 1.04 bits per heavy atom. The third kappa shape index (κ3) is 2.99. The van der Waals surface area contributed by atoms with Crippen LogP contribution in [-0.4, -0.2) is 10.8 Å². The molecule has 2 aromatic carbocycles. The van der Waals surface area contributed by atoms with E-state index in [1.807, 2.05) is 30.3 Å². The second kappa shape index (κ2) is 6.10. The first-order valence-electron chi connectivity index (χ1n) is 10.1. The summed E-state index contributed by atoms with van der Waals surface area (Å²) < 4.78 is 0. The van der Waals surface area contributed by atoms with E-state index in [-0.39, 0.29) is 16.2 Å². The van der Waals surface area contributed by atoms with Crippen LogP contribution in [0.15, 0.2) is 48.5 Å². The van der Waals surface area contributed by atoms with Crippen LogP contribution in [0, 0.1) is 18.8 Å². The van der Waals surface area contributed by atoms with Crippen LogP contribution in [0.3, 0.4) is 0 Å². The molecule has 2 nitrogen and oxygen atoms in total. The summed E-state index contributed by atoms with van der Waals surface area (Å²) in [5.41, 5.74) is 4.30. The van der Waals surface area contributed by atoms with Crippen molar-refractivity contribution in [3.8, 4) is 0 Å². The average Bonchev–Trinajstić information content (AvgIpc) is 2.62. The third-order valence-corrected chi connectivity index (χ3v) is 7.57. The van der Waals surface area contributed by atoms with E-state index in [0.717, 1.165) is 29.5 Å². The Kier molecular flexibility index (Phi) is 3.91. The van der Waals surface area contributed by atoms with Gasteiger partial charge in [-0.1, -0.05) is 30.3 Å². The van der Waals surface area contributed by atoms with Crippen molar-refractivity contribution < 1.29 is 4.79 Å². The van der Waals surface area contributed by atoms with Crippen LogP contribution in [0.5, 0.6) is 0 Å². The Labute approximate surface area is 166 Å². The number of rotatable bonds is 3. The summed E-state index contributed by atoms with van der Waals surface area (Å²) in [4.78, 5) is 12.6. The van der Waals surface area contributed by atoms with E-state index >= 15 is 0 Å². The molecule has 0 aromatic heterocycles. The summed E-state index contributed by atoms with van der Waals surface area (Å²) in [6.45, 7) is 2.06. The van der Waals surface area contributed by atoms with Gasteiger partial charge in [-0.15, -0.1) is 11.6 Å². The normalized spacial score (nSPS) is 33.9. The Balaban J connectivity index is 1.47. The molecule has 6 rings (SSSR count). The number of aryl methyl sites for hydroxylation is 1. The van der Waals surface area contributed by atoms with Crippen LogP contribution in [0.4, 0.5) is 5.69 Å². The third-order valence-electron chi connectivity index (χ3n) is 7.12. The summed E-state index contributed by atoms with van der Waals surface area (Å²) in [6, 6.07) is 16.1. The highest BCUT2D eigenvalue weighted by molar-refractivity contribution is 6.24. The first-order chi connectivity index (χ1) is 12.9. The highest BCUT2D eigenvalue weighted by Gasteiger charge is 2.57. The molecule has 3 heteroatoms. The Hall–Kier alpha value is -1.80. The fourth-order valence-electron chi connectivity index (χ4n) is 6.36. The molecule has 2 atom stereocenters. The summed E-state index contributed by atoms with van der Waals surface area (Å²) in [7, 11) is 0. The minimum Gasteiger partial charge on any atom is -0.322 e. The van der Waals surface area contributed by atoms with Crippen molar-refractivity contribution in [1.82, 2.24) is 0 Å². The van der Waals surface area contributed by atoms with Gasteiger partial charge in [0, 0.05) is 16.1 Å². The van der Waals surface area contributed by atoms with Gasteiger partial charge in [0.25, 0.3) is 5.91 Å². The molecule has 0 heterocycles. The fraction of sp³-hybridized carbons (Fsp3) is 0.458. The zero-order valence-electron chi connectivity index (χ0n) is 15.8. The van der Waals surface area contributed by atoms with Gasteiger partial charge in [-0.25, -0.2) is 0 Å². The minimum absolute atomic E-state index is 0.00240. The molecule has 4 saturated carbocycles. The molecular formula is C24H26ClNO. The fourth-order valence-corrected chi connectivity index (χ4v) is 7.05. The molecular weight excluding hydrogens is 354 g/mol. The number of carbonyl (C=O) groups is 1. The second-order valence-electron chi connectivity index (χ2n) is 9.24. The van der Waals surface area contributed by atoms with Crippen LogP contribution >= 0.6 is 11.6 Å². The SMILES string of the molecule is Cc1ccc(C23C[C@@H]4C[C@H](CC(Cl)(C4)C2)C3)cc1NC(=O)c1ccccc1. The van der Waals surface area contributed by atoms with E-state index in [2.05, 4.69) is 30.4 Å². The van der Waals surface area contributed by atoms with E-state index in [4.69, 9.17) is 11.6 Å². The van der Waals surface area contributed by atoms with Crippen molar-refractivity contribution in [1.29, 1.82) is 0 Å². The lowest BCUT2D eigenvalue weighted by Crippen LogP contribution is -2.55. The highest BCUT2D eigenvalue weighted by Crippen LogP contribution is 2.64. The Bertz CT molecular complexity index is 877. The largest absolute Gasteiger partial charge is 0.322 e. The summed E-state index contributed by atoms with van der Waals surface area (Å²) in [5.74, 6) is 1.50. The van der Waals surface area contributed by atoms with Gasteiger partial charge < -0.3 is 5.32 Å². The quantitative estimate of drug-likeness (QED) is 0.643. The number of nitrogens with one attached hydrogen (secondary N) is 1. The lowest BCUT2D eigenvalue weighted by atomic mass is 9.47. The second-order valence-corrected chi connectivity index (χ2v) is 10.0. The maximum atomic E-state index is 12.6. The van der Waals surface area contributed by atoms with Crippen molar-refractivity contribution in [3.63, 3.8) is 0 Å². The Morgan fingerprint density at radius 3 is 2.41 bits per heavy atom. The number of hydrogen-bond donors (Lipinski definition) is 1. The zero-order chi connectivity index (χ0) is 18.6. The number of hydrogen-bond acceptors (Lipinski definition) is 1. The van der Waals surface area contributed by atoms with Crippen molar-refractivity contribution >= 4 is 23.2 Å². The summed E-state index contributed by atoms with van der Waals surface area (Å²) in [6.07, 6.45) is 7.34. The van der Waals surface area contributed by atoms with E-state index < -0.39 is 0 Å². The molecule has 27 heavy (non-hydrogen) atoms. The van der Waals surface area contributed by atoms with Gasteiger partial charge in [0.15, 0.2) is 0 Å². The molecule has 0 radical (unpaired) electrons. The standard InChI is InChI=1S/C24H26ClNO/c1-16-7-8-20(10-21(16)26-22(27)19-5-3-2-4-6-19)23-11-17-9-18(12-23)14-24(25,13-17)15-23/h2-8,10,17-18H,9,11-15H2,1H3,(H,26,27)/t17-,18-,23?,24?/m0/s1. The first-order valence-corrected chi connectivity index (χ1v) is 10.5. The molecule has 4 bridgehead atoms. The average molecular weight is 380 g/mol. The van der Waals surface area contributed by atoms with Crippen molar-refractivity contribution in [3.05, 3.63) is 65.2 Å². The van der Waals surface area contributed by atoms with Gasteiger partial charge in [0.1, 0.15) is 0 Å². The molecule has 0 spiro atoms. The number of halogens is 1. The molecule has 140 valence electrons. The van der Waals surface area contributed by atoms with Gasteiger partial charge in [-0.3, -0.25) is 4.79 Å². The molecule has 2 aromatic rings. The van der Waals surface area contributed by atoms with E-state index in [1.165, 1.54) is 37.7 Å². The van der Waals surface area contributed by atoms with E-state index in [0.29, 0.717) is 5.56 Å². The van der Waals surface area contributed by atoms with Crippen LogP contribution in [0.25, 0.3) is 0 Å². The minimum atomic E-state index is -0.0461. The van der Waals surface area contributed by atoms with Crippen molar-refractivity contribution in [2.24, 2.45) is 11.8 Å². The number of alkyl halides is 1. The molecule has 1 amide bonds.